The van der Waals surface area contributed by atoms with E-state index in [1.807, 2.05) is 57.1 Å². The molecule has 2 rings (SSSR count). The zero-order valence-corrected chi connectivity index (χ0v) is 15.8. The molecule has 0 saturated carbocycles. The SMILES string of the molecule is COc1cc(/C=C/C(=O)Nc2cccnc2N(C)C)ccc1OC(C)C. The molecular weight excluding hydrogens is 330 g/mol. The van der Waals surface area contributed by atoms with E-state index in [0.29, 0.717) is 23.0 Å². The highest BCUT2D eigenvalue weighted by Crippen LogP contribution is 2.29. The lowest BCUT2D eigenvalue weighted by Crippen LogP contribution is -2.16. The maximum atomic E-state index is 12.2. The number of methoxy groups -OCH3 is 1. The highest BCUT2D eigenvalue weighted by atomic mass is 16.5. The Morgan fingerprint density at radius 3 is 2.65 bits per heavy atom. The smallest absolute Gasteiger partial charge is 0.248 e. The molecule has 1 aromatic heterocycles. The number of aromatic nitrogens is 1. The summed E-state index contributed by atoms with van der Waals surface area (Å²) in [6.07, 6.45) is 4.95. The quantitative estimate of drug-likeness (QED) is 0.769. The molecule has 0 radical (unpaired) electrons. The third kappa shape index (κ3) is 5.24. The number of amides is 1. The van der Waals surface area contributed by atoms with Gasteiger partial charge in [-0.15, -0.1) is 0 Å². The molecule has 1 N–H and O–H groups in total. The summed E-state index contributed by atoms with van der Waals surface area (Å²) in [4.78, 5) is 18.3. The second-order valence-corrected chi connectivity index (χ2v) is 6.17. The van der Waals surface area contributed by atoms with E-state index in [1.54, 1.807) is 25.4 Å². The van der Waals surface area contributed by atoms with Crippen molar-refractivity contribution in [1.82, 2.24) is 4.98 Å². The first-order valence-corrected chi connectivity index (χ1v) is 8.36. The summed E-state index contributed by atoms with van der Waals surface area (Å²) in [6.45, 7) is 3.91. The Morgan fingerprint density at radius 2 is 2.00 bits per heavy atom. The van der Waals surface area contributed by atoms with Crippen LogP contribution in [0, 0.1) is 0 Å². The molecular formula is C20H25N3O3. The van der Waals surface area contributed by atoms with Crippen LogP contribution in [0.5, 0.6) is 11.5 Å². The monoisotopic (exact) mass is 355 g/mol. The number of ether oxygens (including phenoxy) is 2. The molecule has 1 heterocycles. The standard InChI is InChI=1S/C20H25N3O3/c1-14(2)26-17-10-8-15(13-18(17)25-5)9-11-19(24)22-16-7-6-12-21-20(16)23(3)4/h6-14H,1-5H3,(H,22,24)/b11-9+. The number of benzene rings is 1. The average molecular weight is 355 g/mol. The van der Waals surface area contributed by atoms with Gasteiger partial charge < -0.3 is 19.7 Å². The number of carbonyl (C=O) groups excluding carboxylic acids is 1. The van der Waals surface area contributed by atoms with Gasteiger partial charge in [0.2, 0.25) is 5.91 Å². The van der Waals surface area contributed by atoms with Crippen molar-refractivity contribution < 1.29 is 14.3 Å². The molecule has 2 aromatic rings. The van der Waals surface area contributed by atoms with Crippen molar-refractivity contribution in [2.75, 3.05) is 31.4 Å². The van der Waals surface area contributed by atoms with Gasteiger partial charge in [-0.3, -0.25) is 4.79 Å². The molecule has 138 valence electrons. The molecule has 0 aliphatic heterocycles. The van der Waals surface area contributed by atoms with Gasteiger partial charge in [-0.1, -0.05) is 6.07 Å². The maximum absolute atomic E-state index is 12.2. The molecule has 0 atom stereocenters. The number of hydrogen-bond donors (Lipinski definition) is 1. The largest absolute Gasteiger partial charge is 0.493 e. The fourth-order valence-corrected chi connectivity index (χ4v) is 2.34. The van der Waals surface area contributed by atoms with E-state index < -0.39 is 0 Å². The Balaban J connectivity index is 2.11. The Morgan fingerprint density at radius 1 is 1.23 bits per heavy atom. The van der Waals surface area contributed by atoms with Crippen molar-refractivity contribution in [3.05, 3.63) is 48.2 Å². The molecule has 0 aliphatic rings. The van der Waals surface area contributed by atoms with Gasteiger partial charge in [0, 0.05) is 26.4 Å². The molecule has 0 fully saturated rings. The summed E-state index contributed by atoms with van der Waals surface area (Å²) in [5.74, 6) is 1.77. The molecule has 1 amide bonds. The van der Waals surface area contributed by atoms with Crippen LogP contribution in [0.3, 0.4) is 0 Å². The molecule has 1 aromatic carbocycles. The van der Waals surface area contributed by atoms with Crippen LogP contribution in [0.25, 0.3) is 6.08 Å². The van der Waals surface area contributed by atoms with Crippen molar-refractivity contribution >= 4 is 23.5 Å². The lowest BCUT2D eigenvalue weighted by molar-refractivity contribution is -0.111. The summed E-state index contributed by atoms with van der Waals surface area (Å²) < 4.78 is 11.0. The first-order valence-electron chi connectivity index (χ1n) is 8.36. The van der Waals surface area contributed by atoms with Crippen LogP contribution < -0.4 is 19.7 Å². The summed E-state index contributed by atoms with van der Waals surface area (Å²) >= 11 is 0. The second kappa shape index (κ2) is 8.89. The predicted molar refractivity (Wildman–Crippen MR) is 105 cm³/mol. The van der Waals surface area contributed by atoms with Gasteiger partial charge in [-0.05, 0) is 49.8 Å². The molecule has 0 unspecified atom stereocenters. The molecule has 26 heavy (non-hydrogen) atoms. The van der Waals surface area contributed by atoms with E-state index in [9.17, 15) is 4.79 Å². The number of carbonyl (C=O) groups is 1. The zero-order chi connectivity index (χ0) is 19.1. The lowest BCUT2D eigenvalue weighted by atomic mass is 10.2. The van der Waals surface area contributed by atoms with Gasteiger partial charge in [-0.2, -0.15) is 0 Å². The minimum Gasteiger partial charge on any atom is -0.493 e. The van der Waals surface area contributed by atoms with Crippen molar-refractivity contribution in [2.24, 2.45) is 0 Å². The van der Waals surface area contributed by atoms with E-state index in [2.05, 4.69) is 10.3 Å². The van der Waals surface area contributed by atoms with Crippen molar-refractivity contribution in [1.29, 1.82) is 0 Å². The van der Waals surface area contributed by atoms with Crippen molar-refractivity contribution in [3.8, 4) is 11.5 Å². The molecule has 0 aliphatic carbocycles. The average Bonchev–Trinajstić information content (AvgIpc) is 2.60. The predicted octanol–water partition coefficient (Wildman–Crippen LogP) is 3.60. The molecule has 0 spiro atoms. The number of rotatable bonds is 7. The number of hydrogen-bond acceptors (Lipinski definition) is 5. The van der Waals surface area contributed by atoms with Gasteiger partial charge in [0.15, 0.2) is 17.3 Å². The topological polar surface area (TPSA) is 63.7 Å². The number of nitrogens with one attached hydrogen (secondary N) is 1. The summed E-state index contributed by atoms with van der Waals surface area (Å²) in [5.41, 5.74) is 1.50. The number of nitrogens with zero attached hydrogens (tertiary/aromatic N) is 2. The maximum Gasteiger partial charge on any atom is 0.248 e. The minimum atomic E-state index is -0.234. The van der Waals surface area contributed by atoms with E-state index in [-0.39, 0.29) is 12.0 Å². The van der Waals surface area contributed by atoms with Gasteiger partial charge in [0.25, 0.3) is 0 Å². The second-order valence-electron chi connectivity index (χ2n) is 6.17. The first kappa shape index (κ1) is 19.3. The molecule has 6 heteroatoms. The van der Waals surface area contributed by atoms with Crippen LogP contribution in [0.1, 0.15) is 19.4 Å². The Labute approximate surface area is 154 Å². The number of pyridine rings is 1. The van der Waals surface area contributed by atoms with Gasteiger partial charge in [0.05, 0.1) is 18.9 Å². The van der Waals surface area contributed by atoms with Crippen LogP contribution in [-0.4, -0.2) is 38.2 Å². The first-order chi connectivity index (χ1) is 12.4. The minimum absolute atomic E-state index is 0.0569. The van der Waals surface area contributed by atoms with Crippen LogP contribution in [0.4, 0.5) is 11.5 Å². The van der Waals surface area contributed by atoms with E-state index in [1.165, 1.54) is 6.08 Å². The molecule has 0 saturated heterocycles. The van der Waals surface area contributed by atoms with Crippen LogP contribution >= 0.6 is 0 Å². The van der Waals surface area contributed by atoms with Crippen LogP contribution in [0.2, 0.25) is 0 Å². The fourth-order valence-electron chi connectivity index (χ4n) is 2.34. The van der Waals surface area contributed by atoms with Crippen LogP contribution in [-0.2, 0) is 4.79 Å². The molecule has 0 bridgehead atoms. The summed E-state index contributed by atoms with van der Waals surface area (Å²) in [7, 11) is 5.34. The highest BCUT2D eigenvalue weighted by Gasteiger charge is 2.08. The summed E-state index contributed by atoms with van der Waals surface area (Å²) in [6, 6.07) is 9.14. The Kier molecular flexibility index (Phi) is 6.60. The van der Waals surface area contributed by atoms with Gasteiger partial charge >= 0.3 is 0 Å². The fraction of sp³-hybridized carbons (Fsp3) is 0.300. The third-order valence-corrected chi connectivity index (χ3v) is 3.45. The number of anilines is 2. The van der Waals surface area contributed by atoms with Gasteiger partial charge in [0.1, 0.15) is 0 Å². The lowest BCUT2D eigenvalue weighted by Gasteiger charge is -2.15. The zero-order valence-electron chi connectivity index (χ0n) is 15.8. The van der Waals surface area contributed by atoms with Crippen LogP contribution in [0.15, 0.2) is 42.6 Å². The van der Waals surface area contributed by atoms with E-state index >= 15 is 0 Å². The van der Waals surface area contributed by atoms with Gasteiger partial charge in [-0.25, -0.2) is 4.98 Å². The normalized spacial score (nSPS) is 10.8. The van der Waals surface area contributed by atoms with Crippen molar-refractivity contribution in [3.63, 3.8) is 0 Å². The third-order valence-electron chi connectivity index (χ3n) is 3.45. The van der Waals surface area contributed by atoms with E-state index in [4.69, 9.17) is 9.47 Å². The van der Waals surface area contributed by atoms with Crippen molar-refractivity contribution in [2.45, 2.75) is 20.0 Å². The Hall–Kier alpha value is -3.02. The highest BCUT2D eigenvalue weighted by molar-refractivity contribution is 6.03. The Bertz CT molecular complexity index is 786. The summed E-state index contributed by atoms with van der Waals surface area (Å²) in [5, 5.41) is 2.84. The molecule has 6 nitrogen and oxygen atoms in total. The van der Waals surface area contributed by atoms with E-state index in [0.717, 1.165) is 5.56 Å².